The van der Waals surface area contributed by atoms with Crippen LogP contribution in [0, 0.1) is 0 Å². The highest BCUT2D eigenvalue weighted by Gasteiger charge is 2.21. The zero-order valence-corrected chi connectivity index (χ0v) is 8.92. The third-order valence-corrected chi connectivity index (χ3v) is 2.51. The minimum atomic E-state index is -1.21. The van der Waals surface area contributed by atoms with Crippen molar-refractivity contribution in [3.8, 4) is 5.75 Å². The van der Waals surface area contributed by atoms with E-state index >= 15 is 0 Å². The molecule has 1 amide bonds. The highest BCUT2D eigenvalue weighted by Crippen LogP contribution is 2.25. The van der Waals surface area contributed by atoms with Gasteiger partial charge in [-0.05, 0) is 12.1 Å². The number of amides is 1. The Bertz CT molecular complexity index is 471. The van der Waals surface area contributed by atoms with Gasteiger partial charge in [-0.2, -0.15) is 0 Å². The molecule has 0 aliphatic carbocycles. The molecule has 90 valence electrons. The third kappa shape index (κ3) is 2.21. The minimum Gasteiger partial charge on any atom is -0.507 e. The van der Waals surface area contributed by atoms with E-state index in [1.54, 1.807) is 0 Å². The molecule has 0 aromatic heterocycles. The zero-order valence-electron chi connectivity index (χ0n) is 8.92. The van der Waals surface area contributed by atoms with Crippen molar-refractivity contribution in [2.45, 2.75) is 0 Å². The summed E-state index contributed by atoms with van der Waals surface area (Å²) in [7, 11) is 0. The van der Waals surface area contributed by atoms with Crippen LogP contribution >= 0.6 is 0 Å². The predicted octanol–water partition coefficient (Wildman–Crippen LogP) is 0.454. The van der Waals surface area contributed by atoms with E-state index in [9.17, 15) is 14.7 Å². The van der Waals surface area contributed by atoms with E-state index in [1.807, 2.05) is 0 Å². The summed E-state index contributed by atoms with van der Waals surface area (Å²) in [6, 6.07) is 4.04. The number of carbonyl (C=O) groups is 2. The lowest BCUT2D eigenvalue weighted by Gasteiger charge is -2.27. The molecular formula is C11H11NO5. The maximum Gasteiger partial charge on any atom is 0.339 e. The standard InChI is InChI=1S/C11H11NO5/c13-9-5-7(1-2-8(9)11(15)16)12-3-4-17-6-10(12)14/h1-2,5,13H,3-4,6H2,(H,15,16). The number of morpholine rings is 1. The van der Waals surface area contributed by atoms with Gasteiger partial charge in [0.05, 0.1) is 6.61 Å². The van der Waals surface area contributed by atoms with Crippen molar-refractivity contribution in [3.05, 3.63) is 23.8 Å². The van der Waals surface area contributed by atoms with Crippen molar-refractivity contribution in [1.29, 1.82) is 0 Å². The van der Waals surface area contributed by atoms with Gasteiger partial charge in [0.2, 0.25) is 0 Å². The Morgan fingerprint density at radius 1 is 1.41 bits per heavy atom. The average molecular weight is 237 g/mol. The van der Waals surface area contributed by atoms with Gasteiger partial charge < -0.3 is 19.8 Å². The number of hydrogen-bond acceptors (Lipinski definition) is 4. The van der Waals surface area contributed by atoms with E-state index in [1.165, 1.54) is 23.1 Å². The Balaban J connectivity index is 2.30. The number of anilines is 1. The van der Waals surface area contributed by atoms with E-state index in [0.29, 0.717) is 18.8 Å². The second kappa shape index (κ2) is 4.42. The summed E-state index contributed by atoms with van der Waals surface area (Å²) in [5.74, 6) is -1.77. The van der Waals surface area contributed by atoms with Crippen molar-refractivity contribution >= 4 is 17.6 Å². The number of aromatic hydroxyl groups is 1. The molecule has 6 heteroatoms. The molecule has 0 saturated carbocycles. The SMILES string of the molecule is O=C(O)c1ccc(N2CCOCC2=O)cc1O. The van der Waals surface area contributed by atoms with E-state index in [-0.39, 0.29) is 23.8 Å². The molecule has 2 N–H and O–H groups in total. The van der Waals surface area contributed by atoms with Crippen LogP contribution in [0.25, 0.3) is 0 Å². The van der Waals surface area contributed by atoms with Crippen LogP contribution in [0.4, 0.5) is 5.69 Å². The molecule has 1 aliphatic rings. The first-order valence-corrected chi connectivity index (χ1v) is 5.04. The van der Waals surface area contributed by atoms with E-state index < -0.39 is 5.97 Å². The summed E-state index contributed by atoms with van der Waals surface area (Å²) in [5, 5.41) is 18.3. The molecule has 6 nitrogen and oxygen atoms in total. The lowest BCUT2D eigenvalue weighted by molar-refractivity contribution is -0.125. The van der Waals surface area contributed by atoms with Crippen molar-refractivity contribution in [2.75, 3.05) is 24.7 Å². The van der Waals surface area contributed by atoms with Gasteiger partial charge >= 0.3 is 5.97 Å². The van der Waals surface area contributed by atoms with Crippen LogP contribution in [0.1, 0.15) is 10.4 Å². The maximum atomic E-state index is 11.5. The molecule has 17 heavy (non-hydrogen) atoms. The van der Waals surface area contributed by atoms with Gasteiger partial charge in [-0.1, -0.05) is 0 Å². The van der Waals surface area contributed by atoms with E-state index in [4.69, 9.17) is 9.84 Å². The topological polar surface area (TPSA) is 87.1 Å². The largest absolute Gasteiger partial charge is 0.507 e. The number of benzene rings is 1. The van der Waals surface area contributed by atoms with Gasteiger partial charge in [-0.3, -0.25) is 4.79 Å². The average Bonchev–Trinajstić information content (AvgIpc) is 2.29. The normalized spacial score (nSPS) is 16.0. The Kier molecular flexibility index (Phi) is 2.97. The first-order chi connectivity index (χ1) is 8.09. The van der Waals surface area contributed by atoms with Gasteiger partial charge in [0.1, 0.15) is 17.9 Å². The quantitative estimate of drug-likeness (QED) is 0.780. The fourth-order valence-corrected chi connectivity index (χ4v) is 1.66. The predicted molar refractivity (Wildman–Crippen MR) is 58.2 cm³/mol. The number of carboxylic acid groups (broad SMARTS) is 1. The van der Waals surface area contributed by atoms with Crippen LogP contribution in [0.5, 0.6) is 5.75 Å². The molecule has 1 aromatic carbocycles. The Morgan fingerprint density at radius 2 is 2.18 bits per heavy atom. The fourth-order valence-electron chi connectivity index (χ4n) is 1.66. The van der Waals surface area contributed by atoms with Crippen molar-refractivity contribution < 1.29 is 24.5 Å². The Labute approximate surface area is 97.0 Å². The van der Waals surface area contributed by atoms with Gasteiger partial charge in [-0.15, -0.1) is 0 Å². The molecule has 0 radical (unpaired) electrons. The van der Waals surface area contributed by atoms with Crippen LogP contribution in [0.2, 0.25) is 0 Å². The zero-order chi connectivity index (χ0) is 12.4. The number of carbonyl (C=O) groups excluding carboxylic acids is 1. The van der Waals surface area contributed by atoms with Gasteiger partial charge in [-0.25, -0.2) is 4.79 Å². The number of rotatable bonds is 2. The Morgan fingerprint density at radius 3 is 2.76 bits per heavy atom. The lowest BCUT2D eigenvalue weighted by Crippen LogP contribution is -2.41. The number of carboxylic acids is 1. The molecular weight excluding hydrogens is 226 g/mol. The van der Waals surface area contributed by atoms with Crippen LogP contribution in [-0.4, -0.2) is 41.8 Å². The first-order valence-electron chi connectivity index (χ1n) is 5.04. The van der Waals surface area contributed by atoms with Crippen molar-refractivity contribution in [3.63, 3.8) is 0 Å². The van der Waals surface area contributed by atoms with Crippen LogP contribution in [0.15, 0.2) is 18.2 Å². The summed E-state index contributed by atoms with van der Waals surface area (Å²) in [5.41, 5.74) is 0.287. The summed E-state index contributed by atoms with van der Waals surface area (Å²) in [4.78, 5) is 23.7. The van der Waals surface area contributed by atoms with E-state index in [0.717, 1.165) is 0 Å². The maximum absolute atomic E-state index is 11.5. The molecule has 0 spiro atoms. The van der Waals surface area contributed by atoms with Crippen LogP contribution in [0.3, 0.4) is 0 Å². The highest BCUT2D eigenvalue weighted by atomic mass is 16.5. The summed E-state index contributed by atoms with van der Waals surface area (Å²) in [6.07, 6.45) is 0. The monoisotopic (exact) mass is 237 g/mol. The summed E-state index contributed by atoms with van der Waals surface area (Å²) < 4.78 is 4.98. The summed E-state index contributed by atoms with van der Waals surface area (Å²) >= 11 is 0. The van der Waals surface area contributed by atoms with Crippen molar-refractivity contribution in [2.24, 2.45) is 0 Å². The van der Waals surface area contributed by atoms with Gasteiger partial charge in [0.15, 0.2) is 0 Å². The number of hydrogen-bond donors (Lipinski definition) is 2. The highest BCUT2D eigenvalue weighted by molar-refractivity contribution is 5.96. The smallest absolute Gasteiger partial charge is 0.339 e. The molecule has 0 unspecified atom stereocenters. The van der Waals surface area contributed by atoms with Crippen LogP contribution < -0.4 is 4.90 Å². The number of ether oxygens (including phenoxy) is 1. The molecule has 1 saturated heterocycles. The molecule has 2 rings (SSSR count). The molecule has 1 aliphatic heterocycles. The molecule has 1 heterocycles. The first kappa shape index (κ1) is 11.4. The van der Waals surface area contributed by atoms with Gasteiger partial charge in [0.25, 0.3) is 5.91 Å². The van der Waals surface area contributed by atoms with Gasteiger partial charge in [0, 0.05) is 18.3 Å². The lowest BCUT2D eigenvalue weighted by atomic mass is 10.1. The molecule has 1 fully saturated rings. The summed E-state index contributed by atoms with van der Waals surface area (Å²) in [6.45, 7) is 0.819. The molecule has 0 atom stereocenters. The number of nitrogens with zero attached hydrogens (tertiary/aromatic N) is 1. The fraction of sp³-hybridized carbons (Fsp3) is 0.273. The molecule has 1 aromatic rings. The minimum absolute atomic E-state index is 0.00143. The second-order valence-electron chi connectivity index (χ2n) is 3.60. The number of phenols is 1. The van der Waals surface area contributed by atoms with E-state index in [2.05, 4.69) is 0 Å². The second-order valence-corrected chi connectivity index (χ2v) is 3.60. The third-order valence-electron chi connectivity index (χ3n) is 2.51. The molecule has 0 bridgehead atoms. The van der Waals surface area contributed by atoms with Crippen LogP contribution in [-0.2, 0) is 9.53 Å². The Hall–Kier alpha value is -2.08. The number of aromatic carboxylic acids is 1. The van der Waals surface area contributed by atoms with Crippen molar-refractivity contribution in [1.82, 2.24) is 0 Å².